The summed E-state index contributed by atoms with van der Waals surface area (Å²) in [5.41, 5.74) is 2.84. The maximum atomic E-state index is 9.46. The molecule has 102 valence electrons. The number of rotatable bonds is 3. The molecular formula is C13H11ClN4OS. The average molecular weight is 307 g/mol. The molecular weight excluding hydrogens is 296 g/mol. The second-order valence-electron chi connectivity index (χ2n) is 4.21. The first-order valence-corrected chi connectivity index (χ1v) is 7.19. The number of aliphatic hydroxyl groups is 1. The largest absolute Gasteiger partial charge is 0.390 e. The van der Waals surface area contributed by atoms with Crippen molar-refractivity contribution in [2.45, 2.75) is 13.5 Å². The Hall–Kier alpha value is -1.76. The summed E-state index contributed by atoms with van der Waals surface area (Å²) in [7, 11) is 0. The molecule has 1 N–H and O–H groups in total. The van der Waals surface area contributed by atoms with Gasteiger partial charge in [-0.05, 0) is 13.0 Å². The van der Waals surface area contributed by atoms with Crippen LogP contribution in [0.2, 0.25) is 5.02 Å². The molecule has 0 atom stereocenters. The van der Waals surface area contributed by atoms with Gasteiger partial charge in [0.05, 0.1) is 17.3 Å². The Morgan fingerprint density at radius 1 is 1.35 bits per heavy atom. The lowest BCUT2D eigenvalue weighted by atomic mass is 10.1. The monoisotopic (exact) mass is 306 g/mol. The summed E-state index contributed by atoms with van der Waals surface area (Å²) >= 11 is 7.71. The maximum Gasteiger partial charge on any atom is 0.212 e. The van der Waals surface area contributed by atoms with Crippen molar-refractivity contribution >= 4 is 22.9 Å². The van der Waals surface area contributed by atoms with Crippen LogP contribution in [0.1, 0.15) is 11.4 Å². The Morgan fingerprint density at radius 3 is 2.80 bits per heavy atom. The normalized spacial score (nSPS) is 10.9. The minimum absolute atomic E-state index is 0.203. The molecule has 20 heavy (non-hydrogen) atoms. The molecule has 5 nitrogen and oxygen atoms in total. The number of aliphatic hydroxyl groups excluding tert-OH is 1. The van der Waals surface area contributed by atoms with E-state index < -0.39 is 0 Å². The lowest BCUT2D eigenvalue weighted by Crippen LogP contribution is -2.00. The smallest absolute Gasteiger partial charge is 0.212 e. The molecule has 0 bridgehead atoms. The number of aryl methyl sites for hydroxylation is 1. The SMILES string of the molecule is Cc1csc(-n2nnc(CO)c2-c2ccccc2Cl)n1. The van der Waals surface area contributed by atoms with E-state index >= 15 is 0 Å². The van der Waals surface area contributed by atoms with E-state index in [1.165, 1.54) is 11.3 Å². The summed E-state index contributed by atoms with van der Waals surface area (Å²) < 4.78 is 1.62. The highest BCUT2D eigenvalue weighted by Crippen LogP contribution is 2.31. The van der Waals surface area contributed by atoms with Crippen LogP contribution in [0.4, 0.5) is 0 Å². The van der Waals surface area contributed by atoms with Crippen LogP contribution in [0.25, 0.3) is 16.4 Å². The fraction of sp³-hybridized carbons (Fsp3) is 0.154. The summed E-state index contributed by atoms with van der Waals surface area (Å²) in [5.74, 6) is 0. The second-order valence-corrected chi connectivity index (χ2v) is 5.45. The Balaban J connectivity index is 2.23. The fourth-order valence-corrected chi connectivity index (χ4v) is 2.89. The van der Waals surface area contributed by atoms with Gasteiger partial charge in [0.15, 0.2) is 0 Å². The van der Waals surface area contributed by atoms with Crippen molar-refractivity contribution < 1.29 is 5.11 Å². The van der Waals surface area contributed by atoms with Gasteiger partial charge in [0.2, 0.25) is 5.13 Å². The molecule has 3 rings (SSSR count). The number of nitrogens with zero attached hydrogens (tertiary/aromatic N) is 4. The first kappa shape index (κ1) is 13.2. The predicted molar refractivity (Wildman–Crippen MR) is 78.1 cm³/mol. The second kappa shape index (κ2) is 5.32. The summed E-state index contributed by atoms with van der Waals surface area (Å²) in [6, 6.07) is 7.40. The van der Waals surface area contributed by atoms with Crippen LogP contribution in [-0.2, 0) is 6.61 Å². The van der Waals surface area contributed by atoms with Crippen molar-refractivity contribution in [3.05, 3.63) is 46.1 Å². The molecule has 0 spiro atoms. The Bertz CT molecular complexity index is 752. The van der Waals surface area contributed by atoms with Gasteiger partial charge < -0.3 is 5.11 Å². The molecule has 1 aromatic carbocycles. The van der Waals surface area contributed by atoms with Crippen LogP contribution in [0.3, 0.4) is 0 Å². The van der Waals surface area contributed by atoms with Crippen LogP contribution < -0.4 is 0 Å². The zero-order chi connectivity index (χ0) is 14.1. The highest BCUT2D eigenvalue weighted by Gasteiger charge is 2.19. The molecule has 0 aliphatic rings. The molecule has 0 saturated carbocycles. The molecule has 0 unspecified atom stereocenters. The van der Waals surface area contributed by atoms with E-state index in [-0.39, 0.29) is 6.61 Å². The first-order chi connectivity index (χ1) is 9.70. The van der Waals surface area contributed by atoms with Gasteiger partial charge in [0, 0.05) is 10.9 Å². The minimum atomic E-state index is -0.203. The van der Waals surface area contributed by atoms with Crippen LogP contribution >= 0.6 is 22.9 Å². The zero-order valence-corrected chi connectivity index (χ0v) is 12.2. The summed E-state index contributed by atoms with van der Waals surface area (Å²) in [5, 5.41) is 20.8. The van der Waals surface area contributed by atoms with Crippen LogP contribution in [0.15, 0.2) is 29.6 Å². The molecule has 0 amide bonds. The quantitative estimate of drug-likeness (QED) is 0.808. The van der Waals surface area contributed by atoms with E-state index in [4.69, 9.17) is 11.6 Å². The van der Waals surface area contributed by atoms with Gasteiger partial charge in [-0.3, -0.25) is 0 Å². The van der Waals surface area contributed by atoms with Crippen molar-refractivity contribution in [3.8, 4) is 16.4 Å². The molecule has 7 heteroatoms. The van der Waals surface area contributed by atoms with E-state index in [1.54, 1.807) is 10.7 Å². The molecule has 0 aliphatic carbocycles. The van der Waals surface area contributed by atoms with Crippen LogP contribution in [0, 0.1) is 6.92 Å². The van der Waals surface area contributed by atoms with E-state index in [9.17, 15) is 5.11 Å². The third kappa shape index (κ3) is 2.22. The lowest BCUT2D eigenvalue weighted by Gasteiger charge is -2.06. The van der Waals surface area contributed by atoms with Gasteiger partial charge in [-0.25, -0.2) is 4.98 Å². The Labute approximate surface area is 124 Å². The molecule has 3 aromatic rings. The standard InChI is InChI=1S/C13H11ClN4OS/c1-8-7-20-13(15-8)18-12(11(6-19)16-17-18)9-4-2-3-5-10(9)14/h2-5,7,19H,6H2,1H3. The van der Waals surface area contributed by atoms with E-state index in [1.807, 2.05) is 30.5 Å². The molecule has 0 aliphatic heterocycles. The number of aromatic nitrogens is 4. The molecule has 0 saturated heterocycles. The first-order valence-electron chi connectivity index (χ1n) is 5.93. The predicted octanol–water partition coefficient (Wildman–Crippen LogP) is 2.84. The van der Waals surface area contributed by atoms with Gasteiger partial charge in [-0.15, -0.1) is 16.4 Å². The summed E-state index contributed by atoms with van der Waals surface area (Å²) in [6.07, 6.45) is 0. The third-order valence-corrected chi connectivity index (χ3v) is 4.07. The molecule has 2 aromatic heterocycles. The van der Waals surface area contributed by atoms with E-state index in [0.29, 0.717) is 21.5 Å². The van der Waals surface area contributed by atoms with Gasteiger partial charge in [0.25, 0.3) is 0 Å². The highest BCUT2D eigenvalue weighted by atomic mass is 35.5. The van der Waals surface area contributed by atoms with Gasteiger partial charge in [-0.1, -0.05) is 35.0 Å². The zero-order valence-electron chi connectivity index (χ0n) is 10.6. The average Bonchev–Trinajstić information content (AvgIpc) is 3.05. The lowest BCUT2D eigenvalue weighted by molar-refractivity contribution is 0.277. The minimum Gasteiger partial charge on any atom is -0.390 e. The molecule has 0 fully saturated rings. The summed E-state index contributed by atoms with van der Waals surface area (Å²) in [4.78, 5) is 4.40. The fourth-order valence-electron chi connectivity index (χ4n) is 1.92. The van der Waals surface area contributed by atoms with Gasteiger partial charge >= 0.3 is 0 Å². The van der Waals surface area contributed by atoms with Gasteiger partial charge in [-0.2, -0.15) is 4.68 Å². The van der Waals surface area contributed by atoms with Crippen molar-refractivity contribution in [2.24, 2.45) is 0 Å². The van der Waals surface area contributed by atoms with Crippen LogP contribution in [-0.4, -0.2) is 25.1 Å². The number of benzene rings is 1. The maximum absolute atomic E-state index is 9.46. The highest BCUT2D eigenvalue weighted by molar-refractivity contribution is 7.12. The van der Waals surface area contributed by atoms with E-state index in [0.717, 1.165) is 11.3 Å². The topological polar surface area (TPSA) is 63.8 Å². The number of hydrogen-bond donors (Lipinski definition) is 1. The third-order valence-electron chi connectivity index (χ3n) is 2.81. The van der Waals surface area contributed by atoms with Crippen molar-refractivity contribution in [1.82, 2.24) is 20.0 Å². The number of thiazole rings is 1. The number of hydrogen-bond acceptors (Lipinski definition) is 5. The molecule has 0 radical (unpaired) electrons. The van der Waals surface area contributed by atoms with Crippen LogP contribution in [0.5, 0.6) is 0 Å². The van der Waals surface area contributed by atoms with E-state index in [2.05, 4.69) is 15.3 Å². The Kier molecular flexibility index (Phi) is 3.52. The van der Waals surface area contributed by atoms with Crippen molar-refractivity contribution in [2.75, 3.05) is 0 Å². The van der Waals surface area contributed by atoms with Crippen molar-refractivity contribution in [3.63, 3.8) is 0 Å². The van der Waals surface area contributed by atoms with Crippen molar-refractivity contribution in [1.29, 1.82) is 0 Å². The van der Waals surface area contributed by atoms with Gasteiger partial charge in [0.1, 0.15) is 11.4 Å². The summed E-state index contributed by atoms with van der Waals surface area (Å²) in [6.45, 7) is 1.71. The Morgan fingerprint density at radius 2 is 2.15 bits per heavy atom. The number of halogens is 1. The molecule has 2 heterocycles.